The van der Waals surface area contributed by atoms with E-state index in [1.54, 1.807) is 6.07 Å². The van der Waals surface area contributed by atoms with Gasteiger partial charge in [-0.1, -0.05) is 15.9 Å². The minimum absolute atomic E-state index is 0.0271. The van der Waals surface area contributed by atoms with Crippen LogP contribution < -0.4 is 0 Å². The summed E-state index contributed by atoms with van der Waals surface area (Å²) >= 11 is 3.30. The van der Waals surface area contributed by atoms with Crippen molar-refractivity contribution in [3.63, 3.8) is 0 Å². The summed E-state index contributed by atoms with van der Waals surface area (Å²) in [7, 11) is 0. The van der Waals surface area contributed by atoms with E-state index >= 15 is 0 Å². The number of halogens is 2. The molecular formula is C16H21BrFN3O2. The predicted octanol–water partition coefficient (Wildman–Crippen LogP) is 4.80. The van der Waals surface area contributed by atoms with Crippen LogP contribution in [0.4, 0.5) is 9.18 Å². The Hall–Kier alpha value is -1.63. The first-order valence-corrected chi connectivity index (χ1v) is 8.18. The van der Waals surface area contributed by atoms with Gasteiger partial charge < -0.3 is 9.67 Å². The van der Waals surface area contributed by atoms with Crippen molar-refractivity contribution >= 4 is 33.1 Å². The second-order valence-corrected chi connectivity index (χ2v) is 7.70. The van der Waals surface area contributed by atoms with E-state index in [0.29, 0.717) is 15.8 Å². The maximum absolute atomic E-state index is 14.2. The highest BCUT2D eigenvalue weighted by atomic mass is 79.9. The van der Waals surface area contributed by atoms with Crippen LogP contribution in [0.5, 0.6) is 0 Å². The van der Waals surface area contributed by atoms with Gasteiger partial charge in [0.05, 0.1) is 12.1 Å². The first kappa shape index (κ1) is 17.7. The Kier molecular flexibility index (Phi) is 4.71. The lowest BCUT2D eigenvalue weighted by Crippen LogP contribution is -2.44. The number of hydrogen-bond donors (Lipinski definition) is 1. The molecule has 2 rings (SSSR count). The van der Waals surface area contributed by atoms with E-state index in [1.165, 1.54) is 11.0 Å². The second kappa shape index (κ2) is 6.11. The number of benzene rings is 1. The Morgan fingerprint density at radius 2 is 2.04 bits per heavy atom. The van der Waals surface area contributed by atoms with Crippen molar-refractivity contribution in [2.24, 2.45) is 0 Å². The van der Waals surface area contributed by atoms with Crippen molar-refractivity contribution in [3.8, 4) is 0 Å². The minimum Gasteiger partial charge on any atom is -0.465 e. The average molecular weight is 386 g/mol. The van der Waals surface area contributed by atoms with Crippen LogP contribution in [0.2, 0.25) is 0 Å². The summed E-state index contributed by atoms with van der Waals surface area (Å²) in [6.45, 7) is 9.49. The summed E-state index contributed by atoms with van der Waals surface area (Å²) in [5.41, 5.74) is 0.336. The fourth-order valence-electron chi connectivity index (χ4n) is 2.59. The van der Waals surface area contributed by atoms with Gasteiger partial charge >= 0.3 is 6.09 Å². The second-order valence-electron chi connectivity index (χ2n) is 6.79. The Labute approximate surface area is 143 Å². The minimum atomic E-state index is -1.03. The molecule has 1 aromatic heterocycles. The lowest BCUT2D eigenvalue weighted by molar-refractivity contribution is 0.0928. The Bertz CT molecular complexity index is 750. The van der Waals surface area contributed by atoms with Gasteiger partial charge in [0.25, 0.3) is 0 Å². The van der Waals surface area contributed by atoms with Gasteiger partial charge in [0, 0.05) is 16.1 Å². The highest BCUT2D eigenvalue weighted by Gasteiger charge is 2.29. The van der Waals surface area contributed by atoms with Gasteiger partial charge in [-0.3, -0.25) is 4.90 Å². The summed E-state index contributed by atoms with van der Waals surface area (Å²) in [6.07, 6.45) is -1.03. The smallest absolute Gasteiger partial charge is 0.408 e. The molecule has 23 heavy (non-hydrogen) atoms. The van der Waals surface area contributed by atoms with Crippen molar-refractivity contribution in [3.05, 3.63) is 28.2 Å². The van der Waals surface area contributed by atoms with Crippen LogP contribution in [0.3, 0.4) is 0 Å². The first-order valence-electron chi connectivity index (χ1n) is 7.38. The third-order valence-electron chi connectivity index (χ3n) is 3.64. The molecule has 0 spiro atoms. The van der Waals surface area contributed by atoms with Crippen LogP contribution in [0.25, 0.3) is 11.0 Å². The number of rotatable bonds is 3. The molecule has 0 fully saturated rings. The molecule has 126 valence electrons. The van der Waals surface area contributed by atoms with Gasteiger partial charge in [0.1, 0.15) is 11.3 Å². The highest BCUT2D eigenvalue weighted by Crippen LogP contribution is 2.28. The molecule has 0 aliphatic heterocycles. The SMILES string of the molecule is CC(C)n1c(CN(C(=O)O)C(C)(C)C)nc2c(F)cc(Br)cc21. The fourth-order valence-corrected chi connectivity index (χ4v) is 3.01. The van der Waals surface area contributed by atoms with E-state index in [1.807, 2.05) is 39.2 Å². The van der Waals surface area contributed by atoms with Gasteiger partial charge in [-0.25, -0.2) is 14.2 Å². The number of aromatic nitrogens is 2. The number of fused-ring (bicyclic) bond motifs is 1. The predicted molar refractivity (Wildman–Crippen MR) is 91.1 cm³/mol. The Morgan fingerprint density at radius 1 is 1.43 bits per heavy atom. The summed E-state index contributed by atoms with van der Waals surface area (Å²) in [5, 5.41) is 9.48. The molecule has 7 heteroatoms. The third-order valence-corrected chi connectivity index (χ3v) is 4.10. The molecule has 2 aromatic rings. The number of nitrogens with zero attached hydrogens (tertiary/aromatic N) is 3. The molecule has 0 bridgehead atoms. The van der Waals surface area contributed by atoms with Crippen molar-refractivity contribution in [1.82, 2.24) is 14.5 Å². The van der Waals surface area contributed by atoms with Crippen LogP contribution in [-0.2, 0) is 6.54 Å². The zero-order valence-corrected chi connectivity index (χ0v) is 15.5. The molecule has 1 aromatic carbocycles. The van der Waals surface area contributed by atoms with Crippen LogP contribution in [0.1, 0.15) is 46.5 Å². The van der Waals surface area contributed by atoms with Crippen molar-refractivity contribution in [1.29, 1.82) is 0 Å². The van der Waals surface area contributed by atoms with Gasteiger partial charge in [-0.15, -0.1) is 0 Å². The number of amides is 1. The number of hydrogen-bond acceptors (Lipinski definition) is 2. The van der Waals surface area contributed by atoms with Crippen LogP contribution in [0.15, 0.2) is 16.6 Å². The van der Waals surface area contributed by atoms with Crippen molar-refractivity contribution in [2.75, 3.05) is 0 Å². The molecule has 0 aliphatic carbocycles. The van der Waals surface area contributed by atoms with E-state index < -0.39 is 17.4 Å². The molecular weight excluding hydrogens is 365 g/mol. The first-order chi connectivity index (χ1) is 10.5. The van der Waals surface area contributed by atoms with E-state index in [2.05, 4.69) is 20.9 Å². The summed E-state index contributed by atoms with van der Waals surface area (Å²) < 4.78 is 16.7. The fraction of sp³-hybridized carbons (Fsp3) is 0.500. The quantitative estimate of drug-likeness (QED) is 0.825. The number of carbonyl (C=O) groups is 1. The Balaban J connectivity index is 2.62. The summed E-state index contributed by atoms with van der Waals surface area (Å²) in [6, 6.07) is 3.19. The zero-order valence-electron chi connectivity index (χ0n) is 13.9. The van der Waals surface area contributed by atoms with Crippen LogP contribution >= 0.6 is 15.9 Å². The highest BCUT2D eigenvalue weighted by molar-refractivity contribution is 9.10. The largest absolute Gasteiger partial charge is 0.465 e. The standard InChI is InChI=1S/C16H21BrFN3O2/c1-9(2)21-12-7-10(17)6-11(18)14(12)19-13(21)8-20(15(22)23)16(3,4)5/h6-7,9H,8H2,1-5H3,(H,22,23). The normalized spacial score (nSPS) is 12.2. The van der Waals surface area contributed by atoms with E-state index in [-0.39, 0.29) is 18.1 Å². The molecule has 0 saturated heterocycles. The van der Waals surface area contributed by atoms with E-state index in [0.717, 1.165) is 0 Å². The van der Waals surface area contributed by atoms with Crippen LogP contribution in [0, 0.1) is 5.82 Å². The van der Waals surface area contributed by atoms with Crippen molar-refractivity contribution < 1.29 is 14.3 Å². The summed E-state index contributed by atoms with van der Waals surface area (Å²) in [5.74, 6) is 0.108. The molecule has 0 aliphatic rings. The summed E-state index contributed by atoms with van der Waals surface area (Å²) in [4.78, 5) is 17.3. The number of carboxylic acid groups (broad SMARTS) is 1. The van der Waals surface area contributed by atoms with Gasteiger partial charge in [-0.2, -0.15) is 0 Å². The lowest BCUT2D eigenvalue weighted by atomic mass is 10.1. The zero-order chi connectivity index (χ0) is 17.5. The van der Waals surface area contributed by atoms with Crippen molar-refractivity contribution in [2.45, 2.75) is 52.7 Å². The molecule has 0 radical (unpaired) electrons. The molecule has 5 nitrogen and oxygen atoms in total. The molecule has 0 saturated carbocycles. The van der Waals surface area contributed by atoms with Crippen LogP contribution in [-0.4, -0.2) is 31.2 Å². The van der Waals surface area contributed by atoms with Gasteiger partial charge in [0.2, 0.25) is 0 Å². The maximum atomic E-state index is 14.2. The van der Waals surface area contributed by atoms with Gasteiger partial charge in [-0.05, 0) is 46.8 Å². The van der Waals surface area contributed by atoms with E-state index in [9.17, 15) is 14.3 Å². The molecule has 1 heterocycles. The molecule has 0 atom stereocenters. The lowest BCUT2D eigenvalue weighted by Gasteiger charge is -2.33. The monoisotopic (exact) mass is 385 g/mol. The third kappa shape index (κ3) is 3.49. The van der Waals surface area contributed by atoms with Gasteiger partial charge in [0.15, 0.2) is 5.82 Å². The topological polar surface area (TPSA) is 58.4 Å². The number of imidazole rings is 1. The van der Waals surface area contributed by atoms with E-state index in [4.69, 9.17) is 0 Å². The average Bonchev–Trinajstić information content (AvgIpc) is 2.72. The Morgan fingerprint density at radius 3 is 2.52 bits per heavy atom. The molecule has 1 N–H and O–H groups in total. The molecule has 1 amide bonds. The molecule has 0 unspecified atom stereocenters. The maximum Gasteiger partial charge on any atom is 0.408 e.